The van der Waals surface area contributed by atoms with Crippen molar-refractivity contribution in [3.63, 3.8) is 0 Å². The van der Waals surface area contributed by atoms with Crippen LogP contribution < -0.4 is 0 Å². The second-order valence-electron chi connectivity index (χ2n) is 5.61. The van der Waals surface area contributed by atoms with E-state index in [-0.39, 0.29) is 5.56 Å². The first-order chi connectivity index (χ1) is 10.1. The van der Waals surface area contributed by atoms with Crippen molar-refractivity contribution in [2.45, 2.75) is 25.9 Å². The molecule has 0 spiro atoms. The van der Waals surface area contributed by atoms with Gasteiger partial charge in [0.1, 0.15) is 11.6 Å². The number of piperidine rings is 1. The van der Waals surface area contributed by atoms with Gasteiger partial charge in [-0.3, -0.25) is 0 Å². The fraction of sp³-hybridized carbons (Fsp3) is 0.625. The van der Waals surface area contributed by atoms with Crippen LogP contribution in [0, 0.1) is 17.6 Å². The van der Waals surface area contributed by atoms with Gasteiger partial charge in [-0.25, -0.2) is 8.78 Å². The quantitative estimate of drug-likeness (QED) is 0.877. The zero-order chi connectivity index (χ0) is 15.2. The summed E-state index contributed by atoms with van der Waals surface area (Å²) in [5, 5.41) is 10.2. The van der Waals surface area contributed by atoms with E-state index >= 15 is 0 Å². The molecule has 118 valence electrons. The lowest BCUT2D eigenvalue weighted by Gasteiger charge is -2.33. The Morgan fingerprint density at radius 2 is 2.24 bits per heavy atom. The first-order valence-electron chi connectivity index (χ1n) is 7.53. The van der Waals surface area contributed by atoms with Crippen molar-refractivity contribution in [3.05, 3.63) is 35.4 Å². The first-order valence-corrected chi connectivity index (χ1v) is 7.53. The number of aliphatic hydroxyl groups excluding tert-OH is 1. The van der Waals surface area contributed by atoms with Crippen molar-refractivity contribution in [1.82, 2.24) is 4.90 Å². The topological polar surface area (TPSA) is 32.7 Å². The summed E-state index contributed by atoms with van der Waals surface area (Å²) in [7, 11) is 0. The van der Waals surface area contributed by atoms with Gasteiger partial charge in [-0.15, -0.1) is 0 Å². The lowest BCUT2D eigenvalue weighted by atomic mass is 9.98. The number of aliphatic hydroxyl groups is 1. The highest BCUT2D eigenvalue weighted by Gasteiger charge is 2.23. The number of nitrogens with zero attached hydrogens (tertiary/aromatic N) is 1. The molecule has 0 aliphatic carbocycles. The summed E-state index contributed by atoms with van der Waals surface area (Å²) in [6.07, 6.45) is 1.24. The molecule has 2 unspecified atom stereocenters. The molecule has 0 saturated carbocycles. The number of halogens is 2. The fourth-order valence-corrected chi connectivity index (χ4v) is 2.85. The Hall–Kier alpha value is -1.04. The molecule has 1 aromatic rings. The van der Waals surface area contributed by atoms with Crippen LogP contribution in [0.2, 0.25) is 0 Å². The van der Waals surface area contributed by atoms with Crippen molar-refractivity contribution in [1.29, 1.82) is 0 Å². The normalized spacial score (nSPS) is 21.4. The third-order valence-electron chi connectivity index (χ3n) is 3.91. The van der Waals surface area contributed by atoms with Crippen molar-refractivity contribution in [2.75, 3.05) is 32.8 Å². The number of likely N-dealkylation sites (tertiary alicyclic amines) is 1. The van der Waals surface area contributed by atoms with E-state index in [9.17, 15) is 13.9 Å². The zero-order valence-corrected chi connectivity index (χ0v) is 12.4. The van der Waals surface area contributed by atoms with Crippen molar-refractivity contribution >= 4 is 0 Å². The van der Waals surface area contributed by atoms with Crippen LogP contribution in [-0.4, -0.2) is 42.9 Å². The van der Waals surface area contributed by atoms with Gasteiger partial charge in [-0.05, 0) is 38.3 Å². The van der Waals surface area contributed by atoms with Crippen LogP contribution in [0.15, 0.2) is 18.2 Å². The van der Waals surface area contributed by atoms with E-state index in [1.807, 2.05) is 6.92 Å². The second kappa shape index (κ2) is 7.82. The molecule has 1 N–H and O–H groups in total. The van der Waals surface area contributed by atoms with Gasteiger partial charge in [0.15, 0.2) is 0 Å². The Balaban J connectivity index is 1.90. The van der Waals surface area contributed by atoms with Gasteiger partial charge >= 0.3 is 0 Å². The van der Waals surface area contributed by atoms with Crippen LogP contribution in [-0.2, 0) is 4.74 Å². The van der Waals surface area contributed by atoms with E-state index in [1.165, 1.54) is 12.1 Å². The van der Waals surface area contributed by atoms with Gasteiger partial charge < -0.3 is 14.7 Å². The average molecular weight is 299 g/mol. The second-order valence-corrected chi connectivity index (χ2v) is 5.61. The molecule has 21 heavy (non-hydrogen) atoms. The van der Waals surface area contributed by atoms with Gasteiger partial charge in [0, 0.05) is 31.3 Å². The van der Waals surface area contributed by atoms with E-state index in [0.29, 0.717) is 19.1 Å². The van der Waals surface area contributed by atoms with E-state index in [0.717, 1.165) is 38.6 Å². The molecule has 5 heteroatoms. The number of β-amino-alcohol motifs (C(OH)–C–C–N with tert-alkyl or cyclic N) is 1. The van der Waals surface area contributed by atoms with E-state index in [2.05, 4.69) is 4.90 Å². The summed E-state index contributed by atoms with van der Waals surface area (Å²) >= 11 is 0. The number of ether oxygens (including phenoxy) is 1. The fourth-order valence-electron chi connectivity index (χ4n) is 2.85. The van der Waals surface area contributed by atoms with Gasteiger partial charge in [-0.2, -0.15) is 0 Å². The highest BCUT2D eigenvalue weighted by molar-refractivity contribution is 5.21. The molecule has 1 heterocycles. The molecule has 1 fully saturated rings. The van der Waals surface area contributed by atoms with Crippen LogP contribution >= 0.6 is 0 Å². The largest absolute Gasteiger partial charge is 0.387 e. The number of hydrogen-bond acceptors (Lipinski definition) is 3. The number of rotatable bonds is 6. The SMILES string of the molecule is CCOCC1CCCN(CC(O)c2ccc(F)cc2F)C1. The van der Waals surface area contributed by atoms with Crippen molar-refractivity contribution in [3.8, 4) is 0 Å². The summed E-state index contributed by atoms with van der Waals surface area (Å²) in [5.41, 5.74) is 0.156. The standard InChI is InChI=1S/C16H23F2NO2/c1-2-21-11-12-4-3-7-19(9-12)10-16(20)14-6-5-13(17)8-15(14)18/h5-6,8,12,16,20H,2-4,7,9-11H2,1H3. The van der Waals surface area contributed by atoms with Crippen LogP contribution in [0.4, 0.5) is 8.78 Å². The molecule has 0 radical (unpaired) electrons. The van der Waals surface area contributed by atoms with Crippen LogP contribution in [0.3, 0.4) is 0 Å². The Labute approximate surface area is 124 Å². The molecular formula is C16H23F2NO2. The summed E-state index contributed by atoms with van der Waals surface area (Å²) in [6.45, 7) is 5.52. The lowest BCUT2D eigenvalue weighted by molar-refractivity contribution is 0.0433. The number of hydrogen-bond donors (Lipinski definition) is 1. The molecule has 2 atom stereocenters. The Morgan fingerprint density at radius 3 is 2.95 bits per heavy atom. The summed E-state index contributed by atoms with van der Waals surface area (Å²) in [6, 6.07) is 3.30. The molecule has 1 aromatic carbocycles. The zero-order valence-electron chi connectivity index (χ0n) is 12.4. The minimum atomic E-state index is -0.934. The minimum absolute atomic E-state index is 0.156. The Morgan fingerprint density at radius 1 is 1.43 bits per heavy atom. The molecule has 1 aliphatic rings. The molecule has 3 nitrogen and oxygen atoms in total. The predicted octanol–water partition coefficient (Wildman–Crippen LogP) is 2.75. The third-order valence-corrected chi connectivity index (χ3v) is 3.91. The molecule has 0 bridgehead atoms. The highest BCUT2D eigenvalue weighted by Crippen LogP contribution is 2.22. The monoisotopic (exact) mass is 299 g/mol. The Kier molecular flexibility index (Phi) is 6.08. The highest BCUT2D eigenvalue weighted by atomic mass is 19.1. The summed E-state index contributed by atoms with van der Waals surface area (Å²) in [5.74, 6) is -0.854. The molecule has 1 saturated heterocycles. The first kappa shape index (κ1) is 16.3. The molecular weight excluding hydrogens is 276 g/mol. The predicted molar refractivity (Wildman–Crippen MR) is 77.0 cm³/mol. The third kappa shape index (κ3) is 4.73. The van der Waals surface area contributed by atoms with Gasteiger partial charge in [-0.1, -0.05) is 6.07 Å². The van der Waals surface area contributed by atoms with Crippen LogP contribution in [0.25, 0.3) is 0 Å². The van der Waals surface area contributed by atoms with Crippen molar-refractivity contribution < 1.29 is 18.6 Å². The van der Waals surface area contributed by atoms with Gasteiger partial charge in [0.25, 0.3) is 0 Å². The average Bonchev–Trinajstić information content (AvgIpc) is 2.45. The lowest BCUT2D eigenvalue weighted by Crippen LogP contribution is -2.39. The molecule has 0 aromatic heterocycles. The molecule has 0 amide bonds. The molecule has 1 aliphatic heterocycles. The summed E-state index contributed by atoms with van der Waals surface area (Å²) in [4.78, 5) is 2.13. The van der Waals surface area contributed by atoms with E-state index < -0.39 is 17.7 Å². The molecule has 2 rings (SSSR count). The van der Waals surface area contributed by atoms with Gasteiger partial charge in [0.2, 0.25) is 0 Å². The maximum atomic E-state index is 13.7. The maximum Gasteiger partial charge on any atom is 0.131 e. The van der Waals surface area contributed by atoms with Crippen LogP contribution in [0.1, 0.15) is 31.4 Å². The van der Waals surface area contributed by atoms with E-state index in [1.54, 1.807) is 0 Å². The maximum absolute atomic E-state index is 13.7. The van der Waals surface area contributed by atoms with Gasteiger partial charge in [0.05, 0.1) is 12.7 Å². The van der Waals surface area contributed by atoms with Crippen molar-refractivity contribution in [2.24, 2.45) is 5.92 Å². The number of benzene rings is 1. The minimum Gasteiger partial charge on any atom is -0.387 e. The van der Waals surface area contributed by atoms with E-state index in [4.69, 9.17) is 4.74 Å². The van der Waals surface area contributed by atoms with Crippen LogP contribution in [0.5, 0.6) is 0 Å². The smallest absolute Gasteiger partial charge is 0.131 e. The Bertz CT molecular complexity index is 456. The summed E-state index contributed by atoms with van der Waals surface area (Å²) < 4.78 is 32.0.